The lowest BCUT2D eigenvalue weighted by atomic mass is 10.0. The zero-order valence-electron chi connectivity index (χ0n) is 20.4. The molecule has 0 saturated heterocycles. The first-order valence-electron chi connectivity index (χ1n) is 11.6. The Balaban J connectivity index is 1.41. The Bertz CT molecular complexity index is 1380. The molecule has 1 aliphatic rings. The van der Waals surface area contributed by atoms with Gasteiger partial charge in [-0.15, -0.1) is 0 Å². The van der Waals surface area contributed by atoms with Crippen molar-refractivity contribution in [2.45, 2.75) is 43.6 Å². The van der Waals surface area contributed by atoms with Crippen LogP contribution in [0.5, 0.6) is 0 Å². The van der Waals surface area contributed by atoms with Crippen LogP contribution in [0, 0.1) is 0 Å². The first kappa shape index (κ1) is 24.9. The van der Waals surface area contributed by atoms with Gasteiger partial charge in [0.15, 0.2) is 6.10 Å². The van der Waals surface area contributed by atoms with E-state index < -0.39 is 22.1 Å². The third kappa shape index (κ3) is 4.94. The second kappa shape index (κ2) is 9.79. The first-order chi connectivity index (χ1) is 16.6. The summed E-state index contributed by atoms with van der Waals surface area (Å²) in [7, 11) is 1.20. The molecule has 1 unspecified atom stereocenters. The van der Waals surface area contributed by atoms with Gasteiger partial charge in [0, 0.05) is 39.8 Å². The van der Waals surface area contributed by atoms with Crippen LogP contribution in [0.15, 0.2) is 47.4 Å². The van der Waals surface area contributed by atoms with Gasteiger partial charge in [-0.3, -0.25) is 9.59 Å². The second-order valence-electron chi connectivity index (χ2n) is 8.88. The molecular weight excluding hydrogens is 468 g/mol. The smallest absolute Gasteiger partial charge is 0.307 e. The number of anilines is 1. The van der Waals surface area contributed by atoms with Crippen molar-refractivity contribution in [2.24, 2.45) is 7.05 Å². The van der Waals surface area contributed by atoms with Gasteiger partial charge in [0.05, 0.1) is 22.3 Å². The fraction of sp³-hybridized carbons (Fsp3) is 0.400. The van der Waals surface area contributed by atoms with Gasteiger partial charge in [0.25, 0.3) is 5.91 Å². The largest absolute Gasteiger partial charge is 0.453 e. The highest BCUT2D eigenvalue weighted by atomic mass is 32.2. The number of fused-ring (bicyclic) bond motifs is 2. The summed E-state index contributed by atoms with van der Waals surface area (Å²) in [6, 6.07) is 12.6. The van der Waals surface area contributed by atoms with Crippen LogP contribution in [0.3, 0.4) is 0 Å². The van der Waals surface area contributed by atoms with Crippen molar-refractivity contribution < 1.29 is 22.7 Å². The predicted molar refractivity (Wildman–Crippen MR) is 133 cm³/mol. The summed E-state index contributed by atoms with van der Waals surface area (Å²) in [5, 5.41) is 0. The Labute approximate surface area is 205 Å². The van der Waals surface area contributed by atoms with E-state index in [9.17, 15) is 18.0 Å². The summed E-state index contributed by atoms with van der Waals surface area (Å²) in [5.74, 6) is -0.0952. The molecule has 2 heterocycles. The molecule has 10 heteroatoms. The van der Waals surface area contributed by atoms with Crippen LogP contribution >= 0.6 is 0 Å². The minimum Gasteiger partial charge on any atom is -0.453 e. The van der Waals surface area contributed by atoms with Gasteiger partial charge in [-0.1, -0.05) is 18.2 Å². The van der Waals surface area contributed by atoms with E-state index in [1.165, 1.54) is 20.2 Å². The topological polar surface area (TPSA) is 102 Å². The number of hydrogen-bond donors (Lipinski definition) is 0. The molecule has 0 N–H and O–H groups in total. The Morgan fingerprint density at radius 3 is 2.66 bits per heavy atom. The minimum absolute atomic E-state index is 0.0498. The third-order valence-corrected chi connectivity index (χ3v) is 8.12. The average molecular weight is 499 g/mol. The maximum Gasteiger partial charge on any atom is 0.307 e. The van der Waals surface area contributed by atoms with Crippen molar-refractivity contribution in [3.63, 3.8) is 0 Å². The standard InChI is InChI=1S/C25H30N4O5S/c1-17(25(31)29-15-7-9-18-8-5-6-10-21(18)29)34-24(30)14-13-23-26-20-16-19(35(32,33)27(2)3)11-12-22(20)28(23)4/h5-6,8,10-12,16-17H,7,9,13-15H2,1-4H3. The summed E-state index contributed by atoms with van der Waals surface area (Å²) >= 11 is 0. The van der Waals surface area contributed by atoms with Gasteiger partial charge in [-0.25, -0.2) is 17.7 Å². The third-order valence-electron chi connectivity index (χ3n) is 6.31. The fourth-order valence-corrected chi connectivity index (χ4v) is 5.25. The number of ether oxygens (including phenoxy) is 1. The van der Waals surface area contributed by atoms with Crippen molar-refractivity contribution in [2.75, 3.05) is 25.5 Å². The molecule has 0 saturated carbocycles. The number of hydrogen-bond acceptors (Lipinski definition) is 6. The number of nitrogens with zero attached hydrogens (tertiary/aromatic N) is 4. The summed E-state index contributed by atoms with van der Waals surface area (Å²) in [6.07, 6.45) is 1.25. The van der Waals surface area contributed by atoms with Crippen molar-refractivity contribution in [3.8, 4) is 0 Å². The number of imidazole rings is 1. The van der Waals surface area contributed by atoms with E-state index in [1.54, 1.807) is 24.0 Å². The van der Waals surface area contributed by atoms with Gasteiger partial charge >= 0.3 is 5.97 Å². The quantitative estimate of drug-likeness (QED) is 0.464. The van der Waals surface area contributed by atoms with E-state index >= 15 is 0 Å². The van der Waals surface area contributed by atoms with Crippen LogP contribution in [-0.4, -0.2) is 60.9 Å². The van der Waals surface area contributed by atoms with E-state index in [1.807, 2.05) is 35.9 Å². The van der Waals surface area contributed by atoms with Crippen LogP contribution < -0.4 is 4.90 Å². The molecule has 0 fully saturated rings. The monoisotopic (exact) mass is 498 g/mol. The zero-order valence-corrected chi connectivity index (χ0v) is 21.2. The number of aryl methyl sites for hydroxylation is 3. The average Bonchev–Trinajstić information content (AvgIpc) is 3.16. The molecule has 3 aromatic rings. The van der Waals surface area contributed by atoms with Gasteiger partial charge in [0.2, 0.25) is 10.0 Å². The number of aromatic nitrogens is 2. The molecule has 2 aromatic carbocycles. The summed E-state index contributed by atoms with van der Waals surface area (Å²) in [6.45, 7) is 2.20. The fourth-order valence-electron chi connectivity index (χ4n) is 4.33. The number of benzene rings is 2. The lowest BCUT2D eigenvalue weighted by molar-refractivity contribution is -0.153. The maximum absolute atomic E-state index is 13.0. The van der Waals surface area contributed by atoms with Crippen LogP contribution in [0.4, 0.5) is 5.69 Å². The van der Waals surface area contributed by atoms with E-state index in [2.05, 4.69) is 4.98 Å². The molecule has 1 atom stereocenters. The molecule has 1 aliphatic heterocycles. The van der Waals surface area contributed by atoms with Crippen molar-refractivity contribution in [3.05, 3.63) is 53.9 Å². The Morgan fingerprint density at radius 1 is 1.17 bits per heavy atom. The zero-order chi connectivity index (χ0) is 25.3. The highest BCUT2D eigenvalue weighted by molar-refractivity contribution is 7.89. The number of amides is 1. The molecule has 0 radical (unpaired) electrons. The van der Waals surface area contributed by atoms with Crippen LogP contribution in [0.25, 0.3) is 11.0 Å². The molecule has 0 bridgehead atoms. The SMILES string of the molecule is CC(OC(=O)CCc1nc2cc(S(=O)(=O)N(C)C)ccc2n1C)C(=O)N1CCCc2ccccc21. The Morgan fingerprint density at radius 2 is 1.91 bits per heavy atom. The maximum atomic E-state index is 13.0. The predicted octanol–water partition coefficient (Wildman–Crippen LogP) is 2.67. The molecular formula is C25H30N4O5S. The number of sulfonamides is 1. The van der Waals surface area contributed by atoms with Crippen molar-refractivity contribution in [1.82, 2.24) is 13.9 Å². The summed E-state index contributed by atoms with van der Waals surface area (Å²) < 4.78 is 33.3. The molecule has 4 rings (SSSR count). The highest BCUT2D eigenvalue weighted by Gasteiger charge is 2.28. The van der Waals surface area contributed by atoms with E-state index in [0.717, 1.165) is 33.9 Å². The van der Waals surface area contributed by atoms with E-state index in [4.69, 9.17) is 4.74 Å². The molecule has 35 heavy (non-hydrogen) atoms. The number of para-hydroxylation sites is 1. The number of carbonyl (C=O) groups excluding carboxylic acids is 2. The lowest BCUT2D eigenvalue weighted by Crippen LogP contribution is -2.42. The van der Waals surface area contributed by atoms with Gasteiger partial charge < -0.3 is 14.2 Å². The van der Waals surface area contributed by atoms with Crippen LogP contribution in [0.2, 0.25) is 0 Å². The number of rotatable bonds is 7. The minimum atomic E-state index is -3.57. The molecule has 9 nitrogen and oxygen atoms in total. The Hall–Kier alpha value is -3.24. The molecule has 0 spiro atoms. The van der Waals surface area contributed by atoms with Crippen molar-refractivity contribution >= 4 is 38.6 Å². The van der Waals surface area contributed by atoms with Gasteiger partial charge in [-0.05, 0) is 49.6 Å². The van der Waals surface area contributed by atoms with Crippen LogP contribution in [0.1, 0.15) is 31.2 Å². The Kier molecular flexibility index (Phi) is 6.95. The normalized spacial score (nSPS) is 14.7. The molecule has 1 amide bonds. The van der Waals surface area contributed by atoms with Crippen molar-refractivity contribution in [1.29, 1.82) is 0 Å². The van der Waals surface area contributed by atoms with E-state index in [-0.39, 0.29) is 17.2 Å². The summed E-state index contributed by atoms with van der Waals surface area (Å²) in [5.41, 5.74) is 3.29. The molecule has 1 aromatic heterocycles. The highest BCUT2D eigenvalue weighted by Crippen LogP contribution is 2.27. The molecule has 186 valence electrons. The van der Waals surface area contributed by atoms with E-state index in [0.29, 0.717) is 24.3 Å². The molecule has 0 aliphatic carbocycles. The summed E-state index contributed by atoms with van der Waals surface area (Å²) in [4.78, 5) is 31.9. The van der Waals surface area contributed by atoms with Crippen LogP contribution in [-0.2, 0) is 44.2 Å². The van der Waals surface area contributed by atoms with Gasteiger partial charge in [0.1, 0.15) is 5.82 Å². The lowest BCUT2D eigenvalue weighted by Gasteiger charge is -2.31. The number of esters is 1. The number of carbonyl (C=O) groups is 2. The van der Waals surface area contributed by atoms with Gasteiger partial charge in [-0.2, -0.15) is 0 Å². The first-order valence-corrected chi connectivity index (χ1v) is 13.0. The second-order valence-corrected chi connectivity index (χ2v) is 11.0.